The minimum absolute atomic E-state index is 0.0533. The Balaban J connectivity index is 1.64. The van der Waals surface area contributed by atoms with Crippen LogP contribution in [0.3, 0.4) is 0 Å². The van der Waals surface area contributed by atoms with Crippen LogP contribution in [0.4, 0.5) is 18.9 Å². The van der Waals surface area contributed by atoms with E-state index in [2.05, 4.69) is 10.0 Å². The zero-order valence-corrected chi connectivity index (χ0v) is 18.5. The molecular formula is C21H22ClF3N2O4S. The van der Waals surface area contributed by atoms with Gasteiger partial charge in [0.1, 0.15) is 5.75 Å². The van der Waals surface area contributed by atoms with Gasteiger partial charge in [-0.1, -0.05) is 36.9 Å². The molecule has 3 rings (SSSR count). The highest BCUT2D eigenvalue weighted by molar-refractivity contribution is 7.92. The summed E-state index contributed by atoms with van der Waals surface area (Å²) in [5.74, 6) is -0.181. The van der Waals surface area contributed by atoms with Crippen molar-refractivity contribution >= 4 is 33.2 Å². The van der Waals surface area contributed by atoms with E-state index in [4.69, 9.17) is 16.3 Å². The molecule has 1 fully saturated rings. The van der Waals surface area contributed by atoms with Gasteiger partial charge in [-0.25, -0.2) is 8.42 Å². The van der Waals surface area contributed by atoms with Crippen molar-refractivity contribution in [1.29, 1.82) is 0 Å². The fraction of sp³-hybridized carbons (Fsp3) is 0.381. The molecule has 2 aromatic carbocycles. The average molecular weight is 491 g/mol. The number of anilines is 1. The monoisotopic (exact) mass is 490 g/mol. The van der Waals surface area contributed by atoms with Gasteiger partial charge in [0.05, 0.1) is 15.5 Å². The van der Waals surface area contributed by atoms with Gasteiger partial charge in [-0.15, -0.1) is 0 Å². The molecule has 174 valence electrons. The van der Waals surface area contributed by atoms with Gasteiger partial charge in [-0.3, -0.25) is 9.52 Å². The molecule has 0 spiro atoms. The van der Waals surface area contributed by atoms with Crippen LogP contribution in [0.15, 0.2) is 47.4 Å². The smallest absolute Gasteiger partial charge is 0.416 e. The summed E-state index contributed by atoms with van der Waals surface area (Å²) in [6.07, 6.45) is 0.559. The highest BCUT2D eigenvalue weighted by Gasteiger charge is 2.30. The Labute approximate surface area is 189 Å². The van der Waals surface area contributed by atoms with Gasteiger partial charge in [-0.2, -0.15) is 13.2 Å². The third kappa shape index (κ3) is 6.52. The summed E-state index contributed by atoms with van der Waals surface area (Å²) >= 11 is 6.10. The Morgan fingerprint density at radius 1 is 1.09 bits per heavy atom. The predicted molar refractivity (Wildman–Crippen MR) is 114 cm³/mol. The molecule has 2 aromatic rings. The highest BCUT2D eigenvalue weighted by Crippen LogP contribution is 2.32. The molecule has 0 aliphatic heterocycles. The van der Waals surface area contributed by atoms with Crippen LogP contribution in [0.25, 0.3) is 0 Å². The molecule has 1 amide bonds. The van der Waals surface area contributed by atoms with Crippen molar-refractivity contribution in [2.75, 3.05) is 11.3 Å². The number of halogens is 4. The number of carbonyl (C=O) groups excluding carboxylic acids is 1. The Bertz CT molecular complexity index is 1070. The van der Waals surface area contributed by atoms with E-state index >= 15 is 0 Å². The predicted octanol–water partition coefficient (Wildman–Crippen LogP) is 4.99. The first-order valence-electron chi connectivity index (χ1n) is 9.96. The molecule has 0 atom stereocenters. The van der Waals surface area contributed by atoms with E-state index in [0.717, 1.165) is 50.3 Å². The number of sulfonamides is 1. The first-order chi connectivity index (χ1) is 15.0. The van der Waals surface area contributed by atoms with Gasteiger partial charge >= 0.3 is 6.18 Å². The van der Waals surface area contributed by atoms with Crippen LogP contribution in [-0.2, 0) is 21.0 Å². The number of rotatable bonds is 7. The minimum Gasteiger partial charge on any atom is -0.482 e. The molecule has 0 radical (unpaired) electrons. The molecule has 1 saturated carbocycles. The summed E-state index contributed by atoms with van der Waals surface area (Å²) in [7, 11) is -4.20. The van der Waals surface area contributed by atoms with Crippen LogP contribution in [-0.4, -0.2) is 27.0 Å². The molecule has 0 bridgehead atoms. The second kappa shape index (κ2) is 9.99. The normalized spacial score (nSPS) is 15.2. The molecule has 0 heterocycles. The first kappa shape index (κ1) is 24.2. The number of nitrogens with one attached hydrogen (secondary N) is 2. The van der Waals surface area contributed by atoms with E-state index in [1.165, 1.54) is 18.2 Å². The second-order valence-electron chi connectivity index (χ2n) is 7.47. The van der Waals surface area contributed by atoms with Crippen molar-refractivity contribution in [1.82, 2.24) is 5.32 Å². The Hall–Kier alpha value is -2.46. The molecule has 1 aliphatic rings. The number of benzene rings is 2. The van der Waals surface area contributed by atoms with E-state index in [1.807, 2.05) is 0 Å². The lowest BCUT2D eigenvalue weighted by Gasteiger charge is -2.22. The SMILES string of the molecule is O=C(COc1ccc(S(=O)(=O)Nc2cccc(C(F)(F)F)c2)cc1Cl)NC1CCCCC1. The lowest BCUT2D eigenvalue weighted by atomic mass is 9.95. The highest BCUT2D eigenvalue weighted by atomic mass is 35.5. The molecule has 11 heteroatoms. The number of ether oxygens (including phenoxy) is 1. The summed E-state index contributed by atoms with van der Waals surface area (Å²) in [5, 5.41) is 2.84. The largest absolute Gasteiger partial charge is 0.482 e. The molecule has 0 unspecified atom stereocenters. The van der Waals surface area contributed by atoms with E-state index in [9.17, 15) is 26.4 Å². The molecule has 0 saturated heterocycles. The number of amides is 1. The topological polar surface area (TPSA) is 84.5 Å². The number of hydrogen-bond acceptors (Lipinski definition) is 4. The maximum absolute atomic E-state index is 12.8. The van der Waals surface area contributed by atoms with E-state index in [0.29, 0.717) is 6.07 Å². The van der Waals surface area contributed by atoms with Gasteiger partial charge in [0.25, 0.3) is 15.9 Å². The van der Waals surface area contributed by atoms with Crippen LogP contribution in [0.2, 0.25) is 5.02 Å². The van der Waals surface area contributed by atoms with Crippen molar-refractivity contribution in [3.8, 4) is 5.75 Å². The molecule has 0 aromatic heterocycles. The maximum atomic E-state index is 12.8. The first-order valence-corrected chi connectivity index (χ1v) is 11.8. The Morgan fingerprint density at radius 2 is 1.81 bits per heavy atom. The van der Waals surface area contributed by atoms with Crippen LogP contribution in [0, 0.1) is 0 Å². The molecule has 2 N–H and O–H groups in total. The van der Waals surface area contributed by atoms with Gasteiger partial charge in [0, 0.05) is 11.7 Å². The lowest BCUT2D eigenvalue weighted by molar-refractivity contribution is -0.137. The van der Waals surface area contributed by atoms with Gasteiger partial charge in [0.2, 0.25) is 0 Å². The fourth-order valence-electron chi connectivity index (χ4n) is 3.40. The van der Waals surface area contributed by atoms with Crippen molar-refractivity contribution < 1.29 is 31.1 Å². The molecular weight excluding hydrogens is 469 g/mol. The standard InChI is InChI=1S/C21H22ClF3N2O4S/c22-18-12-17(32(29,30)27-16-8-4-5-14(11-16)21(23,24)25)9-10-19(18)31-13-20(28)26-15-6-2-1-3-7-15/h4-5,8-12,15,27H,1-3,6-7,13H2,(H,26,28). The zero-order valence-electron chi connectivity index (χ0n) is 16.9. The van der Waals surface area contributed by atoms with Gasteiger partial charge in [0.15, 0.2) is 6.61 Å². The van der Waals surface area contributed by atoms with Crippen molar-refractivity contribution in [3.63, 3.8) is 0 Å². The third-order valence-electron chi connectivity index (χ3n) is 4.98. The van der Waals surface area contributed by atoms with E-state index in [-0.39, 0.29) is 39.9 Å². The van der Waals surface area contributed by atoms with E-state index < -0.39 is 21.8 Å². The van der Waals surface area contributed by atoms with Crippen molar-refractivity contribution in [3.05, 3.63) is 53.1 Å². The Kier molecular flexibility index (Phi) is 7.55. The third-order valence-corrected chi connectivity index (χ3v) is 6.66. The summed E-state index contributed by atoms with van der Waals surface area (Å²) in [5.41, 5.74) is -1.22. The van der Waals surface area contributed by atoms with Crippen molar-refractivity contribution in [2.24, 2.45) is 0 Å². The zero-order chi connectivity index (χ0) is 23.4. The summed E-state index contributed by atoms with van der Waals surface area (Å²) in [6, 6.07) is 7.55. The second-order valence-corrected chi connectivity index (χ2v) is 9.56. The average Bonchev–Trinajstić information content (AvgIpc) is 2.73. The number of alkyl halides is 3. The van der Waals surface area contributed by atoms with Crippen LogP contribution in [0.5, 0.6) is 5.75 Å². The molecule has 1 aliphatic carbocycles. The van der Waals surface area contributed by atoms with Crippen molar-refractivity contribution in [2.45, 2.75) is 49.2 Å². The van der Waals surface area contributed by atoms with Gasteiger partial charge < -0.3 is 10.1 Å². The van der Waals surface area contributed by atoms with Gasteiger partial charge in [-0.05, 0) is 49.2 Å². The Morgan fingerprint density at radius 3 is 2.47 bits per heavy atom. The van der Waals surface area contributed by atoms with Crippen LogP contribution < -0.4 is 14.8 Å². The lowest BCUT2D eigenvalue weighted by Crippen LogP contribution is -2.39. The number of hydrogen-bond donors (Lipinski definition) is 2. The summed E-state index contributed by atoms with van der Waals surface area (Å²) in [6.45, 7) is -0.273. The van der Waals surface area contributed by atoms with E-state index in [1.54, 1.807) is 0 Å². The molecule has 32 heavy (non-hydrogen) atoms. The minimum atomic E-state index is -4.60. The summed E-state index contributed by atoms with van der Waals surface area (Å²) < 4.78 is 71.1. The van der Waals surface area contributed by atoms with Crippen LogP contribution >= 0.6 is 11.6 Å². The fourth-order valence-corrected chi connectivity index (χ4v) is 4.77. The molecule has 6 nitrogen and oxygen atoms in total. The quantitative estimate of drug-likeness (QED) is 0.573. The van der Waals surface area contributed by atoms with Crippen LogP contribution in [0.1, 0.15) is 37.7 Å². The maximum Gasteiger partial charge on any atom is 0.416 e. The summed E-state index contributed by atoms with van der Waals surface area (Å²) in [4.78, 5) is 11.8. The number of carbonyl (C=O) groups is 1.